The molecule has 1 aliphatic rings. The summed E-state index contributed by atoms with van der Waals surface area (Å²) in [5.74, 6) is 0. The Kier molecular flexibility index (Phi) is 4.96. The van der Waals surface area contributed by atoms with Crippen LogP contribution in [0.15, 0.2) is 137 Å². The standard InChI is InChI=1S/C26H20N3P/c1-5-13-21(14-6-1)25-26(28-29-27-25)30(22-15-7-2-8-16-22,23-17-9-3-10-18-23)24-19-11-4-12-20-24/h1-20H. The molecule has 0 unspecified atom stereocenters. The Morgan fingerprint density at radius 3 is 1.30 bits per heavy atom. The van der Waals surface area contributed by atoms with E-state index in [0.29, 0.717) is 0 Å². The molecule has 0 aromatic heterocycles. The van der Waals surface area contributed by atoms with Crippen LogP contribution in [0, 0.1) is 0 Å². The molecule has 0 amide bonds. The highest BCUT2D eigenvalue weighted by atomic mass is 31.2. The van der Waals surface area contributed by atoms with Crippen LogP contribution in [0.4, 0.5) is 0 Å². The van der Waals surface area contributed by atoms with Gasteiger partial charge in [0.15, 0.2) is 0 Å². The number of benzene rings is 4. The van der Waals surface area contributed by atoms with Crippen molar-refractivity contribution in [2.75, 3.05) is 0 Å². The highest BCUT2D eigenvalue weighted by molar-refractivity contribution is 7.96. The molecule has 0 saturated carbocycles. The van der Waals surface area contributed by atoms with Crippen LogP contribution in [0.2, 0.25) is 0 Å². The molecular formula is C26H20N3P. The first-order valence-corrected chi connectivity index (χ1v) is 11.7. The predicted octanol–water partition coefficient (Wildman–Crippen LogP) is 4.98. The van der Waals surface area contributed by atoms with E-state index in [-0.39, 0.29) is 0 Å². The summed E-state index contributed by atoms with van der Waals surface area (Å²) in [7, 11) is 0. The van der Waals surface area contributed by atoms with Gasteiger partial charge in [-0.1, -0.05) is 121 Å². The third kappa shape index (κ3) is 3.04. The fourth-order valence-electron chi connectivity index (χ4n) is 3.98. The van der Waals surface area contributed by atoms with E-state index in [1.54, 1.807) is 0 Å². The molecule has 5 rings (SSSR count). The van der Waals surface area contributed by atoms with Gasteiger partial charge < -0.3 is 0 Å². The monoisotopic (exact) mass is 405 g/mol. The first kappa shape index (κ1) is 18.5. The van der Waals surface area contributed by atoms with Gasteiger partial charge in [0, 0.05) is 12.4 Å². The zero-order valence-corrected chi connectivity index (χ0v) is 17.2. The summed E-state index contributed by atoms with van der Waals surface area (Å²) in [6.07, 6.45) is 0. The SMILES string of the molecule is c1ccc(C2=NN=NC2=P(c2ccccc2)(c2ccccc2)c2ccccc2)cc1. The molecule has 0 spiro atoms. The fourth-order valence-corrected chi connectivity index (χ4v) is 8.13. The minimum absolute atomic E-state index is 0.848. The average Bonchev–Trinajstić information content (AvgIpc) is 3.33. The lowest BCUT2D eigenvalue weighted by Gasteiger charge is -2.30. The summed E-state index contributed by atoms with van der Waals surface area (Å²) in [5.41, 5.74) is 2.82. The van der Waals surface area contributed by atoms with Gasteiger partial charge in [0.05, 0.1) is 0 Å². The van der Waals surface area contributed by atoms with Gasteiger partial charge in [-0.3, -0.25) is 0 Å². The number of hydrogen-bond acceptors (Lipinski definition) is 2. The van der Waals surface area contributed by atoms with Crippen molar-refractivity contribution >= 4 is 33.9 Å². The Labute approximate surface area is 176 Å². The van der Waals surface area contributed by atoms with Crippen molar-refractivity contribution in [1.29, 1.82) is 0 Å². The van der Waals surface area contributed by atoms with Crippen molar-refractivity contribution in [1.82, 2.24) is 0 Å². The smallest absolute Gasteiger partial charge is 0.124 e. The van der Waals surface area contributed by atoms with Crippen molar-refractivity contribution in [3.05, 3.63) is 127 Å². The Hall–Kier alpha value is -3.55. The zero-order chi connectivity index (χ0) is 20.2. The van der Waals surface area contributed by atoms with Gasteiger partial charge in [0.1, 0.15) is 11.1 Å². The summed E-state index contributed by atoms with van der Waals surface area (Å²) in [5, 5.41) is 17.1. The summed E-state index contributed by atoms with van der Waals surface area (Å²) in [4.78, 5) is 0. The van der Waals surface area contributed by atoms with Gasteiger partial charge in [-0.2, -0.15) is 0 Å². The van der Waals surface area contributed by atoms with E-state index in [1.165, 1.54) is 15.9 Å². The highest BCUT2D eigenvalue weighted by Crippen LogP contribution is 2.47. The molecule has 3 nitrogen and oxygen atoms in total. The number of hydrogen-bond donors (Lipinski definition) is 0. The first-order chi connectivity index (χ1) is 14.9. The molecule has 1 heterocycles. The normalized spacial score (nSPS) is 13.3. The molecule has 0 atom stereocenters. The van der Waals surface area contributed by atoms with Crippen molar-refractivity contribution < 1.29 is 0 Å². The third-order valence-electron chi connectivity index (χ3n) is 5.29. The second kappa shape index (κ2) is 8.06. The van der Waals surface area contributed by atoms with Crippen molar-refractivity contribution in [2.45, 2.75) is 0 Å². The second-order valence-corrected chi connectivity index (χ2v) is 10.3. The maximum Gasteiger partial charge on any atom is 0.124 e. The second-order valence-electron chi connectivity index (χ2n) is 7.01. The van der Waals surface area contributed by atoms with E-state index in [2.05, 4.69) is 119 Å². The highest BCUT2D eigenvalue weighted by Gasteiger charge is 2.34. The van der Waals surface area contributed by atoms with Crippen LogP contribution in [-0.4, -0.2) is 11.1 Å². The molecule has 4 aromatic carbocycles. The largest absolute Gasteiger partial charge is 0.128 e. The molecular weight excluding hydrogens is 385 g/mol. The summed E-state index contributed by atoms with van der Waals surface area (Å²) < 4.78 is 0. The average molecular weight is 405 g/mol. The number of rotatable bonds is 4. The minimum atomic E-state index is -2.30. The predicted molar refractivity (Wildman–Crippen MR) is 128 cm³/mol. The molecule has 1 aliphatic heterocycles. The first-order valence-electron chi connectivity index (χ1n) is 9.88. The molecule has 4 aromatic rings. The topological polar surface area (TPSA) is 37.1 Å². The van der Waals surface area contributed by atoms with Gasteiger partial charge >= 0.3 is 0 Å². The maximum absolute atomic E-state index is 4.68. The summed E-state index contributed by atoms with van der Waals surface area (Å²) >= 11 is 0. The van der Waals surface area contributed by atoms with Crippen LogP contribution in [0.25, 0.3) is 0 Å². The molecule has 0 N–H and O–H groups in total. The van der Waals surface area contributed by atoms with Crippen LogP contribution in [0.1, 0.15) is 5.56 Å². The van der Waals surface area contributed by atoms with E-state index in [4.69, 9.17) is 0 Å². The molecule has 0 saturated heterocycles. The van der Waals surface area contributed by atoms with Gasteiger partial charge in [0.2, 0.25) is 0 Å². The van der Waals surface area contributed by atoms with E-state index in [0.717, 1.165) is 16.7 Å². The van der Waals surface area contributed by atoms with Crippen LogP contribution in [0.3, 0.4) is 0 Å². The van der Waals surface area contributed by atoms with Gasteiger partial charge in [-0.05, 0) is 21.1 Å². The molecule has 4 heteroatoms. The number of nitrogens with zero attached hydrogens (tertiary/aromatic N) is 3. The van der Waals surface area contributed by atoms with E-state index in [1.807, 2.05) is 18.2 Å². The molecule has 144 valence electrons. The van der Waals surface area contributed by atoms with Gasteiger partial charge in [0.25, 0.3) is 0 Å². The van der Waals surface area contributed by atoms with Gasteiger partial charge in [-0.25, -0.2) is 0 Å². The van der Waals surface area contributed by atoms with Crippen molar-refractivity contribution in [2.24, 2.45) is 15.4 Å². The maximum atomic E-state index is 4.68. The van der Waals surface area contributed by atoms with Crippen molar-refractivity contribution in [3.8, 4) is 0 Å². The lowest BCUT2D eigenvalue weighted by atomic mass is 10.1. The van der Waals surface area contributed by atoms with Crippen LogP contribution in [-0.2, 0) is 0 Å². The van der Waals surface area contributed by atoms with Crippen LogP contribution in [0.5, 0.6) is 0 Å². The van der Waals surface area contributed by atoms with E-state index < -0.39 is 6.89 Å². The minimum Gasteiger partial charge on any atom is -0.128 e. The Morgan fingerprint density at radius 2 is 0.867 bits per heavy atom. The molecule has 0 fully saturated rings. The van der Waals surface area contributed by atoms with Gasteiger partial charge in [-0.15, -0.1) is 10.2 Å². The van der Waals surface area contributed by atoms with Crippen LogP contribution >= 0.6 is 6.89 Å². The van der Waals surface area contributed by atoms with Crippen LogP contribution < -0.4 is 15.9 Å². The third-order valence-corrected chi connectivity index (χ3v) is 9.45. The molecule has 0 aliphatic carbocycles. The lowest BCUT2D eigenvalue weighted by molar-refractivity contribution is 1.13. The lowest BCUT2D eigenvalue weighted by Crippen LogP contribution is -2.32. The van der Waals surface area contributed by atoms with Crippen molar-refractivity contribution in [3.63, 3.8) is 0 Å². The fraction of sp³-hybridized carbons (Fsp3) is 0. The molecule has 0 bridgehead atoms. The quantitative estimate of drug-likeness (QED) is 0.430. The Balaban J connectivity index is 1.96. The summed E-state index contributed by atoms with van der Waals surface area (Å²) in [6.45, 7) is -2.30. The van der Waals surface area contributed by atoms with E-state index in [9.17, 15) is 0 Å². The zero-order valence-electron chi connectivity index (χ0n) is 16.3. The molecule has 0 radical (unpaired) electrons. The Bertz CT molecular complexity index is 1160. The van der Waals surface area contributed by atoms with E-state index >= 15 is 0 Å². The molecule has 30 heavy (non-hydrogen) atoms. The summed E-state index contributed by atoms with van der Waals surface area (Å²) in [6, 6.07) is 42.2. The Morgan fingerprint density at radius 1 is 0.467 bits per heavy atom.